The molecule has 3 nitrogen and oxygen atoms in total. The SMILES string of the molecule is CC1c2c(ccc3[nH]c(=O)cc(Cl)c23)N(CC(F)(F)F)C1c1ccccc1F. The molecule has 28 heavy (non-hydrogen) atoms. The summed E-state index contributed by atoms with van der Waals surface area (Å²) in [5, 5.41) is 0.640. The van der Waals surface area contributed by atoms with E-state index in [1.807, 2.05) is 0 Å². The summed E-state index contributed by atoms with van der Waals surface area (Å²) in [4.78, 5) is 15.5. The monoisotopic (exact) mass is 410 g/mol. The summed E-state index contributed by atoms with van der Waals surface area (Å²) in [5.74, 6) is -1.05. The van der Waals surface area contributed by atoms with E-state index in [-0.39, 0.29) is 10.6 Å². The van der Waals surface area contributed by atoms with Gasteiger partial charge in [0, 0.05) is 28.6 Å². The second-order valence-corrected chi connectivity index (χ2v) is 7.31. The highest BCUT2D eigenvalue weighted by molar-refractivity contribution is 6.35. The van der Waals surface area contributed by atoms with Crippen LogP contribution in [0.2, 0.25) is 5.02 Å². The van der Waals surface area contributed by atoms with Crippen molar-refractivity contribution in [2.75, 3.05) is 11.4 Å². The molecule has 146 valence electrons. The molecule has 1 N–H and O–H groups in total. The van der Waals surface area contributed by atoms with Crippen molar-refractivity contribution >= 4 is 28.2 Å². The van der Waals surface area contributed by atoms with Gasteiger partial charge in [0.25, 0.3) is 0 Å². The average Bonchev–Trinajstić information content (AvgIpc) is 2.85. The molecule has 0 amide bonds. The predicted molar refractivity (Wildman–Crippen MR) is 101 cm³/mol. The number of hydrogen-bond acceptors (Lipinski definition) is 2. The van der Waals surface area contributed by atoms with Gasteiger partial charge in [-0.05, 0) is 23.8 Å². The van der Waals surface area contributed by atoms with Crippen LogP contribution in [0.15, 0.2) is 47.3 Å². The highest BCUT2D eigenvalue weighted by Crippen LogP contribution is 2.53. The van der Waals surface area contributed by atoms with Gasteiger partial charge in [-0.3, -0.25) is 4.79 Å². The number of hydrogen-bond donors (Lipinski definition) is 1. The van der Waals surface area contributed by atoms with Crippen molar-refractivity contribution in [1.82, 2.24) is 4.98 Å². The van der Waals surface area contributed by atoms with Crippen LogP contribution < -0.4 is 10.5 Å². The van der Waals surface area contributed by atoms with E-state index < -0.39 is 36.1 Å². The van der Waals surface area contributed by atoms with Gasteiger partial charge in [0.15, 0.2) is 0 Å². The minimum Gasteiger partial charge on any atom is -0.354 e. The summed E-state index contributed by atoms with van der Waals surface area (Å²) in [6.07, 6.45) is -4.48. The van der Waals surface area contributed by atoms with Crippen LogP contribution in [0.4, 0.5) is 23.2 Å². The van der Waals surface area contributed by atoms with Crippen molar-refractivity contribution in [2.24, 2.45) is 0 Å². The lowest BCUT2D eigenvalue weighted by atomic mass is 9.89. The molecule has 1 aliphatic rings. The zero-order valence-corrected chi connectivity index (χ0v) is 15.4. The number of alkyl halides is 3. The molecule has 4 rings (SSSR count). The average molecular weight is 411 g/mol. The Balaban J connectivity index is 1.99. The third-order valence-electron chi connectivity index (χ3n) is 5.12. The van der Waals surface area contributed by atoms with Gasteiger partial charge in [-0.15, -0.1) is 0 Å². The Hall–Kier alpha value is -2.54. The molecular formula is C20H15ClF4N2O. The number of pyridine rings is 1. The number of halogens is 5. The molecule has 1 aromatic heterocycles. The molecule has 0 bridgehead atoms. The highest BCUT2D eigenvalue weighted by atomic mass is 35.5. The van der Waals surface area contributed by atoms with Crippen LogP contribution in [0.25, 0.3) is 10.9 Å². The number of benzene rings is 2. The number of nitrogens with zero attached hydrogens (tertiary/aromatic N) is 1. The Kier molecular flexibility index (Phi) is 4.38. The molecule has 0 radical (unpaired) electrons. The van der Waals surface area contributed by atoms with Crippen LogP contribution in [-0.4, -0.2) is 17.7 Å². The minimum atomic E-state index is -4.48. The fraction of sp³-hybridized carbons (Fsp3) is 0.250. The molecular weight excluding hydrogens is 396 g/mol. The molecule has 3 aromatic rings. The normalized spacial score (nSPS) is 19.3. The molecule has 0 aliphatic carbocycles. The summed E-state index contributed by atoms with van der Waals surface area (Å²) in [6, 6.07) is 9.22. The van der Waals surface area contributed by atoms with Gasteiger partial charge in [0.2, 0.25) is 5.56 Å². The number of anilines is 1. The van der Waals surface area contributed by atoms with Gasteiger partial charge in [-0.2, -0.15) is 13.2 Å². The standard InChI is InChI=1S/C20H15ClF4N2O/c1-10-17-15(7-6-14-18(17)12(21)8-16(28)26-14)27(9-20(23,24)25)19(10)11-4-2-3-5-13(11)22/h2-8,10,19H,9H2,1H3,(H,26,28). The van der Waals surface area contributed by atoms with Gasteiger partial charge in [-0.1, -0.05) is 36.7 Å². The van der Waals surface area contributed by atoms with Crippen molar-refractivity contribution in [2.45, 2.75) is 25.1 Å². The number of aromatic amines is 1. The van der Waals surface area contributed by atoms with Crippen LogP contribution in [-0.2, 0) is 0 Å². The fourth-order valence-corrected chi connectivity index (χ4v) is 4.45. The van der Waals surface area contributed by atoms with Crippen molar-refractivity contribution in [3.63, 3.8) is 0 Å². The smallest absolute Gasteiger partial charge is 0.354 e. The summed E-state index contributed by atoms with van der Waals surface area (Å²) < 4.78 is 54.6. The Labute approximate surface area is 162 Å². The molecule has 2 aromatic carbocycles. The van der Waals surface area contributed by atoms with Gasteiger partial charge in [0.1, 0.15) is 12.4 Å². The van der Waals surface area contributed by atoms with E-state index >= 15 is 0 Å². The Morgan fingerprint density at radius 2 is 1.89 bits per heavy atom. The summed E-state index contributed by atoms with van der Waals surface area (Å²) in [7, 11) is 0. The number of rotatable bonds is 2. The number of H-pyrrole nitrogens is 1. The van der Waals surface area contributed by atoms with Gasteiger partial charge in [-0.25, -0.2) is 4.39 Å². The van der Waals surface area contributed by atoms with Crippen molar-refractivity contribution in [3.8, 4) is 0 Å². The van der Waals surface area contributed by atoms with E-state index in [2.05, 4.69) is 4.98 Å². The van der Waals surface area contributed by atoms with E-state index in [1.54, 1.807) is 13.0 Å². The minimum absolute atomic E-state index is 0.156. The van der Waals surface area contributed by atoms with E-state index in [4.69, 9.17) is 11.6 Å². The van der Waals surface area contributed by atoms with Crippen molar-refractivity contribution < 1.29 is 17.6 Å². The zero-order valence-electron chi connectivity index (χ0n) is 14.6. The quantitative estimate of drug-likeness (QED) is 0.562. The first-order valence-corrected chi connectivity index (χ1v) is 8.98. The van der Waals surface area contributed by atoms with Crippen LogP contribution in [0.3, 0.4) is 0 Å². The predicted octanol–water partition coefficient (Wildman–Crippen LogP) is 5.55. The van der Waals surface area contributed by atoms with Crippen molar-refractivity contribution in [1.29, 1.82) is 0 Å². The summed E-state index contributed by atoms with van der Waals surface area (Å²) in [5.41, 5.74) is 1.12. The van der Waals surface area contributed by atoms with Gasteiger partial charge in [0.05, 0.1) is 16.6 Å². The van der Waals surface area contributed by atoms with E-state index in [0.717, 1.165) is 0 Å². The zero-order chi connectivity index (χ0) is 20.2. The highest BCUT2D eigenvalue weighted by Gasteiger charge is 2.44. The third-order valence-corrected chi connectivity index (χ3v) is 5.42. The maximum absolute atomic E-state index is 14.5. The maximum atomic E-state index is 14.5. The van der Waals surface area contributed by atoms with Crippen LogP contribution in [0, 0.1) is 5.82 Å². The largest absolute Gasteiger partial charge is 0.405 e. The van der Waals surface area contributed by atoms with Gasteiger partial charge >= 0.3 is 6.18 Å². The molecule has 2 unspecified atom stereocenters. The number of aromatic nitrogens is 1. The first-order valence-electron chi connectivity index (χ1n) is 8.60. The Morgan fingerprint density at radius 3 is 2.57 bits per heavy atom. The molecule has 8 heteroatoms. The fourth-order valence-electron chi connectivity index (χ4n) is 4.14. The third kappa shape index (κ3) is 3.03. The Bertz CT molecular complexity index is 1130. The Morgan fingerprint density at radius 1 is 1.18 bits per heavy atom. The first-order chi connectivity index (χ1) is 13.2. The summed E-state index contributed by atoms with van der Waals surface area (Å²) in [6.45, 7) is 0.517. The van der Waals surface area contributed by atoms with Crippen LogP contribution in [0.1, 0.15) is 30.0 Å². The molecule has 2 atom stereocenters. The molecule has 0 saturated carbocycles. The van der Waals surface area contributed by atoms with Crippen molar-refractivity contribution in [3.05, 3.63) is 74.8 Å². The van der Waals surface area contributed by atoms with E-state index in [9.17, 15) is 22.4 Å². The van der Waals surface area contributed by atoms with E-state index in [0.29, 0.717) is 22.2 Å². The molecule has 0 spiro atoms. The molecule has 0 fully saturated rings. The number of fused-ring (bicyclic) bond motifs is 3. The van der Waals surface area contributed by atoms with Crippen LogP contribution in [0.5, 0.6) is 0 Å². The lowest BCUT2D eigenvalue weighted by molar-refractivity contribution is -0.120. The van der Waals surface area contributed by atoms with Crippen LogP contribution >= 0.6 is 11.6 Å². The second-order valence-electron chi connectivity index (χ2n) is 6.90. The van der Waals surface area contributed by atoms with E-state index in [1.165, 1.54) is 41.3 Å². The first kappa shape index (κ1) is 18.8. The molecule has 1 aliphatic heterocycles. The maximum Gasteiger partial charge on any atom is 0.405 e. The molecule has 0 saturated heterocycles. The van der Waals surface area contributed by atoms with Gasteiger partial charge < -0.3 is 9.88 Å². The summed E-state index contributed by atoms with van der Waals surface area (Å²) >= 11 is 6.28. The second kappa shape index (κ2) is 6.51. The topological polar surface area (TPSA) is 36.1 Å². The molecule has 2 heterocycles. The lowest BCUT2D eigenvalue weighted by Gasteiger charge is -2.30. The lowest BCUT2D eigenvalue weighted by Crippen LogP contribution is -2.36. The number of nitrogens with one attached hydrogen (secondary N) is 1.